The van der Waals surface area contributed by atoms with E-state index in [0.29, 0.717) is 12.5 Å². The number of aryl methyl sites for hydroxylation is 1. The van der Waals surface area contributed by atoms with E-state index >= 15 is 0 Å². The van der Waals surface area contributed by atoms with E-state index in [-0.39, 0.29) is 0 Å². The Hall–Kier alpha value is -1.47. The first-order valence-corrected chi connectivity index (χ1v) is 8.23. The largest absolute Gasteiger partial charge is 0.485 e. The summed E-state index contributed by atoms with van der Waals surface area (Å²) in [6.45, 7) is 4.88. The Kier molecular flexibility index (Phi) is 5.04. The third-order valence-electron chi connectivity index (χ3n) is 3.87. The number of benzene rings is 1. The highest BCUT2D eigenvalue weighted by Gasteiger charge is 2.17. The van der Waals surface area contributed by atoms with Crippen LogP contribution in [0.1, 0.15) is 24.2 Å². The fourth-order valence-corrected chi connectivity index (χ4v) is 3.03. The number of nitrogens with zero attached hydrogens (tertiary/aromatic N) is 4. The van der Waals surface area contributed by atoms with E-state index in [9.17, 15) is 0 Å². The quantitative estimate of drug-likeness (QED) is 0.813. The van der Waals surface area contributed by atoms with Gasteiger partial charge in [-0.25, -0.2) is 4.68 Å². The molecule has 0 saturated carbocycles. The lowest BCUT2D eigenvalue weighted by molar-refractivity contribution is 0.0593. The zero-order chi connectivity index (χ0) is 15.4. The maximum Gasteiger partial charge on any atom is 0.189 e. The highest BCUT2D eigenvalue weighted by atomic mass is 79.9. The van der Waals surface area contributed by atoms with Gasteiger partial charge in [-0.15, -0.1) is 5.10 Å². The molecule has 0 unspecified atom stereocenters. The lowest BCUT2D eigenvalue weighted by Gasteiger charge is -2.21. The Morgan fingerprint density at radius 1 is 1.36 bits per heavy atom. The van der Waals surface area contributed by atoms with Crippen molar-refractivity contribution >= 4 is 15.9 Å². The van der Waals surface area contributed by atoms with E-state index in [1.54, 1.807) is 0 Å². The van der Waals surface area contributed by atoms with Crippen molar-refractivity contribution in [3.05, 3.63) is 34.1 Å². The van der Waals surface area contributed by atoms with Crippen LogP contribution in [0, 0.1) is 12.8 Å². The van der Waals surface area contributed by atoms with Gasteiger partial charge in [0.05, 0.1) is 0 Å². The molecule has 118 valence electrons. The van der Waals surface area contributed by atoms with Crippen LogP contribution < -0.4 is 4.74 Å². The molecule has 0 atom stereocenters. The highest BCUT2D eigenvalue weighted by Crippen LogP contribution is 2.23. The van der Waals surface area contributed by atoms with Gasteiger partial charge in [0, 0.05) is 24.2 Å². The molecule has 1 aliphatic heterocycles. The monoisotopic (exact) mass is 366 g/mol. The van der Waals surface area contributed by atoms with E-state index in [4.69, 9.17) is 9.47 Å². The summed E-state index contributed by atoms with van der Waals surface area (Å²) in [4.78, 5) is 0. The number of tetrazole rings is 1. The standard InChI is InChI=1S/C15H19BrN4O2/c1-11-8-13(16)2-3-14(11)22-10-15-17-18-19-20(15)9-12-4-6-21-7-5-12/h2-3,8,12H,4-7,9-10H2,1H3. The molecule has 1 aromatic carbocycles. The first-order chi connectivity index (χ1) is 10.7. The van der Waals surface area contributed by atoms with Gasteiger partial charge in [0.1, 0.15) is 12.4 Å². The Morgan fingerprint density at radius 3 is 2.95 bits per heavy atom. The molecule has 3 rings (SSSR count). The van der Waals surface area contributed by atoms with Gasteiger partial charge in [0.15, 0.2) is 5.82 Å². The molecule has 1 aliphatic rings. The molecule has 1 saturated heterocycles. The van der Waals surface area contributed by atoms with Crippen LogP contribution in [-0.2, 0) is 17.9 Å². The summed E-state index contributed by atoms with van der Waals surface area (Å²) >= 11 is 3.45. The maximum absolute atomic E-state index is 5.86. The minimum absolute atomic E-state index is 0.374. The normalized spacial score (nSPS) is 15.9. The average molecular weight is 367 g/mol. The van der Waals surface area contributed by atoms with Crippen molar-refractivity contribution in [1.82, 2.24) is 20.2 Å². The van der Waals surface area contributed by atoms with Crippen molar-refractivity contribution in [3.63, 3.8) is 0 Å². The molecule has 7 heteroatoms. The SMILES string of the molecule is Cc1cc(Br)ccc1OCc1nnnn1CC1CCOCC1. The van der Waals surface area contributed by atoms with Crippen molar-refractivity contribution in [2.75, 3.05) is 13.2 Å². The van der Waals surface area contributed by atoms with Crippen LogP contribution >= 0.6 is 15.9 Å². The van der Waals surface area contributed by atoms with Gasteiger partial charge in [-0.05, 0) is 59.9 Å². The number of hydrogen-bond acceptors (Lipinski definition) is 5. The number of rotatable bonds is 5. The van der Waals surface area contributed by atoms with Crippen LogP contribution in [0.25, 0.3) is 0 Å². The van der Waals surface area contributed by atoms with Crippen molar-refractivity contribution in [3.8, 4) is 5.75 Å². The smallest absolute Gasteiger partial charge is 0.189 e. The van der Waals surface area contributed by atoms with E-state index in [1.165, 1.54) is 0 Å². The maximum atomic E-state index is 5.86. The molecule has 1 fully saturated rings. The van der Waals surface area contributed by atoms with Gasteiger partial charge in [-0.2, -0.15) is 0 Å². The van der Waals surface area contributed by atoms with Crippen LogP contribution in [0.4, 0.5) is 0 Å². The number of ether oxygens (including phenoxy) is 2. The molecule has 2 heterocycles. The summed E-state index contributed by atoms with van der Waals surface area (Å²) in [6.07, 6.45) is 2.12. The topological polar surface area (TPSA) is 62.1 Å². The molecule has 6 nitrogen and oxygen atoms in total. The van der Waals surface area contributed by atoms with Gasteiger partial charge in [0.2, 0.25) is 0 Å². The molecular formula is C15H19BrN4O2. The number of aromatic nitrogens is 4. The van der Waals surface area contributed by atoms with Crippen LogP contribution in [-0.4, -0.2) is 33.4 Å². The number of halogens is 1. The molecule has 0 spiro atoms. The predicted octanol–water partition coefficient (Wildman–Crippen LogP) is 2.75. The molecule has 0 N–H and O–H groups in total. The van der Waals surface area contributed by atoms with E-state index in [2.05, 4.69) is 31.5 Å². The second-order valence-electron chi connectivity index (χ2n) is 5.53. The second-order valence-corrected chi connectivity index (χ2v) is 6.45. The lowest BCUT2D eigenvalue weighted by Crippen LogP contribution is -2.22. The molecule has 1 aromatic heterocycles. The minimum Gasteiger partial charge on any atom is -0.485 e. The summed E-state index contributed by atoms with van der Waals surface area (Å²) in [5.41, 5.74) is 1.08. The Labute approximate surface area is 137 Å². The molecule has 0 aliphatic carbocycles. The zero-order valence-electron chi connectivity index (χ0n) is 12.5. The predicted molar refractivity (Wildman–Crippen MR) is 84.6 cm³/mol. The molecule has 0 amide bonds. The van der Waals surface area contributed by atoms with E-state index in [0.717, 1.165) is 54.2 Å². The Bertz CT molecular complexity index is 626. The van der Waals surface area contributed by atoms with Crippen LogP contribution in [0.2, 0.25) is 0 Å². The average Bonchev–Trinajstić information content (AvgIpc) is 2.95. The zero-order valence-corrected chi connectivity index (χ0v) is 14.1. The molecule has 22 heavy (non-hydrogen) atoms. The molecular weight excluding hydrogens is 348 g/mol. The first kappa shape index (κ1) is 15.4. The van der Waals surface area contributed by atoms with Crippen molar-refractivity contribution < 1.29 is 9.47 Å². The van der Waals surface area contributed by atoms with Gasteiger partial charge in [-0.1, -0.05) is 15.9 Å². The lowest BCUT2D eigenvalue weighted by atomic mass is 10.0. The number of hydrogen-bond donors (Lipinski definition) is 0. The van der Waals surface area contributed by atoms with Crippen LogP contribution in [0.3, 0.4) is 0 Å². The second kappa shape index (κ2) is 7.19. The van der Waals surface area contributed by atoms with Crippen LogP contribution in [0.15, 0.2) is 22.7 Å². The highest BCUT2D eigenvalue weighted by molar-refractivity contribution is 9.10. The van der Waals surface area contributed by atoms with Crippen molar-refractivity contribution in [2.24, 2.45) is 5.92 Å². The Morgan fingerprint density at radius 2 is 2.18 bits per heavy atom. The minimum atomic E-state index is 0.374. The van der Waals surface area contributed by atoms with Gasteiger partial charge in [-0.3, -0.25) is 0 Å². The van der Waals surface area contributed by atoms with E-state index < -0.39 is 0 Å². The van der Waals surface area contributed by atoms with Gasteiger partial charge < -0.3 is 9.47 Å². The van der Waals surface area contributed by atoms with E-state index in [1.807, 2.05) is 29.8 Å². The summed E-state index contributed by atoms with van der Waals surface area (Å²) in [6, 6.07) is 5.94. The van der Waals surface area contributed by atoms with Crippen molar-refractivity contribution in [1.29, 1.82) is 0 Å². The molecule has 0 radical (unpaired) electrons. The molecule has 0 bridgehead atoms. The Balaban J connectivity index is 1.62. The summed E-state index contributed by atoms with van der Waals surface area (Å²) in [5.74, 6) is 2.18. The van der Waals surface area contributed by atoms with Gasteiger partial charge in [0.25, 0.3) is 0 Å². The fourth-order valence-electron chi connectivity index (χ4n) is 2.56. The third kappa shape index (κ3) is 3.84. The first-order valence-electron chi connectivity index (χ1n) is 7.44. The van der Waals surface area contributed by atoms with Crippen LogP contribution in [0.5, 0.6) is 5.75 Å². The van der Waals surface area contributed by atoms with Gasteiger partial charge >= 0.3 is 0 Å². The summed E-state index contributed by atoms with van der Waals surface area (Å²) < 4.78 is 14.1. The fraction of sp³-hybridized carbons (Fsp3) is 0.533. The molecule has 2 aromatic rings. The summed E-state index contributed by atoms with van der Waals surface area (Å²) in [7, 11) is 0. The third-order valence-corrected chi connectivity index (χ3v) is 4.37. The van der Waals surface area contributed by atoms with Crippen molar-refractivity contribution in [2.45, 2.75) is 32.9 Å². The summed E-state index contributed by atoms with van der Waals surface area (Å²) in [5, 5.41) is 11.9.